The lowest BCUT2D eigenvalue weighted by atomic mass is 9.95. The van der Waals surface area contributed by atoms with Crippen LogP contribution in [0.1, 0.15) is 52.0 Å². The van der Waals surface area contributed by atoms with E-state index >= 15 is 0 Å². The Kier molecular flexibility index (Phi) is 5.93. The van der Waals surface area contributed by atoms with Gasteiger partial charge in [0.2, 0.25) is 0 Å². The maximum atomic E-state index is 12.8. The van der Waals surface area contributed by atoms with E-state index in [9.17, 15) is 18.0 Å². The van der Waals surface area contributed by atoms with Gasteiger partial charge >= 0.3 is 6.18 Å². The number of hydrogen-bond donors (Lipinski definition) is 1. The fourth-order valence-corrected chi connectivity index (χ4v) is 3.64. The average molecular weight is 452 g/mol. The Bertz CT molecular complexity index is 1340. The van der Waals surface area contributed by atoms with Crippen molar-refractivity contribution in [1.29, 1.82) is 0 Å². The van der Waals surface area contributed by atoms with E-state index in [-0.39, 0.29) is 11.5 Å². The highest BCUT2D eigenvalue weighted by molar-refractivity contribution is 5.35. The van der Waals surface area contributed by atoms with Gasteiger partial charge in [0.25, 0.3) is 5.56 Å². The highest BCUT2D eigenvalue weighted by Crippen LogP contribution is 2.31. The number of H-pyrrole nitrogens is 1. The molecule has 8 heteroatoms. The van der Waals surface area contributed by atoms with Crippen molar-refractivity contribution >= 4 is 0 Å². The number of aryl methyl sites for hydroxylation is 2. The minimum Gasteiger partial charge on any atom is -0.310 e. The molecule has 0 bridgehead atoms. The SMILES string of the molecule is Cc1ccc(Cc2nc(-n3cc(C(C)c4ccc(C(F)(F)F)cc4)cn3)cc(=O)[nH]2)cc1C. The summed E-state index contributed by atoms with van der Waals surface area (Å²) >= 11 is 0. The largest absolute Gasteiger partial charge is 0.416 e. The summed E-state index contributed by atoms with van der Waals surface area (Å²) in [7, 11) is 0. The van der Waals surface area contributed by atoms with Crippen molar-refractivity contribution in [3.63, 3.8) is 0 Å². The van der Waals surface area contributed by atoms with E-state index in [0.717, 1.165) is 28.8 Å². The van der Waals surface area contributed by atoms with Crippen LogP contribution in [0.4, 0.5) is 13.2 Å². The van der Waals surface area contributed by atoms with E-state index in [1.807, 2.05) is 32.9 Å². The Morgan fingerprint density at radius 2 is 1.73 bits per heavy atom. The Balaban J connectivity index is 1.57. The van der Waals surface area contributed by atoms with Crippen molar-refractivity contribution in [3.8, 4) is 5.82 Å². The minimum absolute atomic E-state index is 0.182. The van der Waals surface area contributed by atoms with E-state index < -0.39 is 11.7 Å². The van der Waals surface area contributed by atoms with Crippen LogP contribution in [0, 0.1) is 13.8 Å². The average Bonchev–Trinajstić information content (AvgIpc) is 3.25. The molecule has 170 valence electrons. The third-order valence-corrected chi connectivity index (χ3v) is 5.80. The molecule has 5 nitrogen and oxygen atoms in total. The molecule has 0 aliphatic heterocycles. The number of halogens is 3. The van der Waals surface area contributed by atoms with Crippen LogP contribution in [0.25, 0.3) is 5.82 Å². The summed E-state index contributed by atoms with van der Waals surface area (Å²) in [6, 6.07) is 12.6. The molecular formula is C25H23F3N4O. The lowest BCUT2D eigenvalue weighted by Gasteiger charge is -2.12. The third kappa shape index (κ3) is 5.05. The van der Waals surface area contributed by atoms with Gasteiger partial charge in [-0.15, -0.1) is 0 Å². The van der Waals surface area contributed by atoms with Crippen LogP contribution in [-0.2, 0) is 12.6 Å². The summed E-state index contributed by atoms with van der Waals surface area (Å²) in [6.45, 7) is 5.97. The fourth-order valence-electron chi connectivity index (χ4n) is 3.64. The summed E-state index contributed by atoms with van der Waals surface area (Å²) in [6.07, 6.45) is -0.522. The second kappa shape index (κ2) is 8.69. The molecule has 0 spiro atoms. The summed E-state index contributed by atoms with van der Waals surface area (Å²) in [5, 5.41) is 4.33. The van der Waals surface area contributed by atoms with Crippen LogP contribution in [-0.4, -0.2) is 19.7 Å². The lowest BCUT2D eigenvalue weighted by molar-refractivity contribution is -0.137. The molecule has 2 aromatic heterocycles. The van der Waals surface area contributed by atoms with Gasteiger partial charge in [0.15, 0.2) is 5.82 Å². The first-order valence-electron chi connectivity index (χ1n) is 10.5. The zero-order valence-corrected chi connectivity index (χ0v) is 18.4. The van der Waals surface area contributed by atoms with Crippen molar-refractivity contribution in [3.05, 3.63) is 110 Å². The Morgan fingerprint density at radius 3 is 2.39 bits per heavy atom. The summed E-state index contributed by atoms with van der Waals surface area (Å²) in [4.78, 5) is 19.6. The van der Waals surface area contributed by atoms with Gasteiger partial charge in [-0.2, -0.15) is 18.3 Å². The molecule has 0 radical (unpaired) electrons. The van der Waals surface area contributed by atoms with Crippen LogP contribution < -0.4 is 5.56 Å². The number of nitrogens with one attached hydrogen (secondary N) is 1. The summed E-state index contributed by atoms with van der Waals surface area (Å²) in [5.74, 6) is 0.718. The van der Waals surface area contributed by atoms with Crippen molar-refractivity contribution in [2.75, 3.05) is 0 Å². The van der Waals surface area contributed by atoms with Crippen LogP contribution in [0.5, 0.6) is 0 Å². The van der Waals surface area contributed by atoms with Gasteiger partial charge in [0.05, 0.1) is 11.8 Å². The maximum absolute atomic E-state index is 12.8. The first kappa shape index (κ1) is 22.5. The fraction of sp³-hybridized carbons (Fsp3) is 0.240. The second-order valence-corrected chi connectivity index (χ2v) is 8.21. The second-order valence-electron chi connectivity index (χ2n) is 8.21. The molecule has 1 atom stereocenters. The van der Waals surface area contributed by atoms with Gasteiger partial charge in [-0.1, -0.05) is 37.3 Å². The summed E-state index contributed by atoms with van der Waals surface area (Å²) in [5.41, 5.74) is 3.96. The predicted molar refractivity (Wildman–Crippen MR) is 120 cm³/mol. The number of rotatable bonds is 5. The predicted octanol–water partition coefficient (Wildman–Crippen LogP) is 5.33. The first-order chi connectivity index (χ1) is 15.6. The lowest BCUT2D eigenvalue weighted by Crippen LogP contribution is -2.14. The normalized spacial score (nSPS) is 12.7. The molecule has 0 amide bonds. The number of benzene rings is 2. The standard InChI is InChI=1S/C25H23F3N4O/c1-15-4-5-18(10-16(15)2)11-22-30-23(12-24(33)31-22)32-14-20(13-29-32)17(3)19-6-8-21(9-7-19)25(26,27)28/h4-10,12-14,17H,11H2,1-3H3,(H,30,31,33). The number of aromatic nitrogens is 4. The van der Waals surface area contributed by atoms with Crippen LogP contribution in [0.3, 0.4) is 0 Å². The molecule has 33 heavy (non-hydrogen) atoms. The molecule has 2 aromatic carbocycles. The molecule has 0 aliphatic carbocycles. The smallest absolute Gasteiger partial charge is 0.310 e. The maximum Gasteiger partial charge on any atom is 0.416 e. The van der Waals surface area contributed by atoms with E-state index in [2.05, 4.69) is 21.1 Å². The highest BCUT2D eigenvalue weighted by Gasteiger charge is 2.30. The topological polar surface area (TPSA) is 63.6 Å². The molecule has 1 N–H and O–H groups in total. The Hall–Kier alpha value is -3.68. The molecule has 1 unspecified atom stereocenters. The number of nitrogens with zero attached hydrogens (tertiary/aromatic N) is 3. The molecule has 0 fully saturated rings. The molecule has 0 saturated carbocycles. The van der Waals surface area contributed by atoms with Crippen molar-refractivity contribution in [2.24, 2.45) is 0 Å². The number of aromatic amines is 1. The van der Waals surface area contributed by atoms with Gasteiger partial charge in [-0.25, -0.2) is 9.67 Å². The van der Waals surface area contributed by atoms with Crippen LogP contribution >= 0.6 is 0 Å². The number of alkyl halides is 3. The van der Waals surface area contributed by atoms with Crippen molar-refractivity contribution in [1.82, 2.24) is 19.7 Å². The zero-order valence-electron chi connectivity index (χ0n) is 18.4. The van der Waals surface area contributed by atoms with E-state index in [1.165, 1.54) is 34.0 Å². The van der Waals surface area contributed by atoms with Gasteiger partial charge in [0, 0.05) is 24.6 Å². The van der Waals surface area contributed by atoms with E-state index in [0.29, 0.717) is 18.1 Å². The van der Waals surface area contributed by atoms with Crippen molar-refractivity contribution < 1.29 is 13.2 Å². The molecule has 2 heterocycles. The Morgan fingerprint density at radius 1 is 1.00 bits per heavy atom. The zero-order chi connectivity index (χ0) is 23.8. The highest BCUT2D eigenvalue weighted by atomic mass is 19.4. The molecular weight excluding hydrogens is 429 g/mol. The molecule has 0 saturated heterocycles. The minimum atomic E-state index is -4.37. The van der Waals surface area contributed by atoms with Gasteiger partial charge in [0.1, 0.15) is 5.82 Å². The van der Waals surface area contributed by atoms with Crippen molar-refractivity contribution in [2.45, 2.75) is 39.3 Å². The van der Waals surface area contributed by atoms with E-state index in [4.69, 9.17) is 0 Å². The quantitative estimate of drug-likeness (QED) is 0.445. The molecule has 0 aliphatic rings. The Labute approximate surface area is 188 Å². The monoisotopic (exact) mass is 452 g/mol. The third-order valence-electron chi connectivity index (χ3n) is 5.80. The van der Waals surface area contributed by atoms with Gasteiger partial charge < -0.3 is 4.98 Å². The van der Waals surface area contributed by atoms with Gasteiger partial charge in [-0.3, -0.25) is 4.79 Å². The van der Waals surface area contributed by atoms with Crippen LogP contribution in [0.15, 0.2) is 65.7 Å². The molecule has 4 aromatic rings. The summed E-state index contributed by atoms with van der Waals surface area (Å²) < 4.78 is 40.0. The van der Waals surface area contributed by atoms with Gasteiger partial charge in [-0.05, 0) is 53.8 Å². The first-order valence-corrected chi connectivity index (χ1v) is 10.5. The molecule has 4 rings (SSSR count). The van der Waals surface area contributed by atoms with E-state index in [1.54, 1.807) is 12.4 Å². The van der Waals surface area contributed by atoms with Crippen LogP contribution in [0.2, 0.25) is 0 Å². The number of hydrogen-bond acceptors (Lipinski definition) is 3.